The lowest BCUT2D eigenvalue weighted by Crippen LogP contribution is -2.42. The molecule has 0 spiro atoms. The first-order chi connectivity index (χ1) is 8.37. The van der Waals surface area contributed by atoms with Crippen LogP contribution >= 0.6 is 11.8 Å². The van der Waals surface area contributed by atoms with E-state index in [1.54, 1.807) is 24.8 Å². The lowest BCUT2D eigenvalue weighted by molar-refractivity contribution is 0.0724. The molecule has 0 radical (unpaired) electrons. The van der Waals surface area contributed by atoms with Crippen LogP contribution in [0.4, 0.5) is 0 Å². The van der Waals surface area contributed by atoms with Crippen LogP contribution in [0.3, 0.4) is 0 Å². The average molecular weight is 267 g/mol. The molecule has 0 aromatic heterocycles. The summed E-state index contributed by atoms with van der Waals surface area (Å²) in [6.07, 6.45) is 1.93. The minimum Gasteiger partial charge on any atom is -0.387 e. The van der Waals surface area contributed by atoms with Gasteiger partial charge in [-0.2, -0.15) is 11.8 Å². The molecule has 18 heavy (non-hydrogen) atoms. The number of amides is 1. The maximum Gasteiger partial charge on any atom is 0.251 e. The van der Waals surface area contributed by atoms with Crippen LogP contribution in [-0.4, -0.2) is 35.2 Å². The van der Waals surface area contributed by atoms with Gasteiger partial charge in [0.1, 0.15) is 0 Å². The van der Waals surface area contributed by atoms with Crippen molar-refractivity contribution in [3.8, 4) is 0 Å². The first-order valence-corrected chi connectivity index (χ1v) is 7.32. The fraction of sp³-hybridized carbons (Fsp3) is 0.500. The van der Waals surface area contributed by atoms with Gasteiger partial charge in [0.2, 0.25) is 0 Å². The molecule has 0 heterocycles. The summed E-state index contributed by atoms with van der Waals surface area (Å²) in [7, 11) is 0. The number of hydrogen-bond donors (Lipinski definition) is 2. The number of nitrogens with one attached hydrogen (secondary N) is 1. The summed E-state index contributed by atoms with van der Waals surface area (Å²) in [4.78, 5) is 12.0. The molecule has 0 aliphatic carbocycles. The molecule has 1 amide bonds. The van der Waals surface area contributed by atoms with Gasteiger partial charge in [-0.25, -0.2) is 0 Å². The molecule has 0 bridgehead atoms. The van der Waals surface area contributed by atoms with Gasteiger partial charge in [0, 0.05) is 17.9 Å². The molecule has 1 rings (SSSR count). The second kappa shape index (κ2) is 6.25. The summed E-state index contributed by atoms with van der Waals surface area (Å²) in [6.45, 7) is 5.91. The highest BCUT2D eigenvalue weighted by molar-refractivity contribution is 7.98. The quantitative estimate of drug-likeness (QED) is 0.859. The van der Waals surface area contributed by atoms with Crippen molar-refractivity contribution >= 4 is 17.7 Å². The van der Waals surface area contributed by atoms with Crippen molar-refractivity contribution in [3.05, 3.63) is 34.9 Å². The molecule has 4 heteroatoms. The smallest absolute Gasteiger partial charge is 0.251 e. The predicted octanol–water partition coefficient (Wildman–Crippen LogP) is 2.15. The van der Waals surface area contributed by atoms with Crippen molar-refractivity contribution in [1.29, 1.82) is 0 Å². The van der Waals surface area contributed by atoms with Crippen molar-refractivity contribution in [1.82, 2.24) is 5.32 Å². The predicted molar refractivity (Wildman–Crippen MR) is 77.3 cm³/mol. The van der Waals surface area contributed by atoms with E-state index >= 15 is 0 Å². The van der Waals surface area contributed by atoms with E-state index < -0.39 is 5.60 Å². The van der Waals surface area contributed by atoms with Crippen LogP contribution in [0.15, 0.2) is 18.2 Å². The topological polar surface area (TPSA) is 49.3 Å². The summed E-state index contributed by atoms with van der Waals surface area (Å²) < 4.78 is 0. The Kier molecular flexibility index (Phi) is 5.23. The monoisotopic (exact) mass is 267 g/mol. The Hall–Kier alpha value is -1.00. The van der Waals surface area contributed by atoms with Gasteiger partial charge >= 0.3 is 0 Å². The van der Waals surface area contributed by atoms with Crippen LogP contribution in [-0.2, 0) is 0 Å². The van der Waals surface area contributed by atoms with Crippen LogP contribution < -0.4 is 5.32 Å². The number of aliphatic hydroxyl groups is 1. The van der Waals surface area contributed by atoms with Crippen molar-refractivity contribution in [2.75, 3.05) is 18.6 Å². The molecule has 0 saturated heterocycles. The molecule has 0 aliphatic heterocycles. The number of hydrogen-bond acceptors (Lipinski definition) is 3. The van der Waals surface area contributed by atoms with E-state index in [0.29, 0.717) is 11.3 Å². The van der Waals surface area contributed by atoms with E-state index in [0.717, 1.165) is 11.1 Å². The van der Waals surface area contributed by atoms with Crippen LogP contribution in [0.5, 0.6) is 0 Å². The largest absolute Gasteiger partial charge is 0.387 e. The van der Waals surface area contributed by atoms with Gasteiger partial charge in [0.15, 0.2) is 0 Å². The van der Waals surface area contributed by atoms with Crippen molar-refractivity contribution < 1.29 is 9.90 Å². The van der Waals surface area contributed by atoms with Gasteiger partial charge in [0.25, 0.3) is 5.91 Å². The molecule has 1 aromatic rings. The lowest BCUT2D eigenvalue weighted by atomic mass is 10.0. The Morgan fingerprint density at radius 2 is 2.11 bits per heavy atom. The first kappa shape index (κ1) is 15.1. The van der Waals surface area contributed by atoms with E-state index in [4.69, 9.17) is 0 Å². The van der Waals surface area contributed by atoms with Gasteiger partial charge in [-0.1, -0.05) is 12.1 Å². The minimum absolute atomic E-state index is 0.127. The molecule has 1 unspecified atom stereocenters. The van der Waals surface area contributed by atoms with Gasteiger partial charge in [-0.3, -0.25) is 4.79 Å². The molecule has 0 aliphatic rings. The second-order valence-corrected chi connectivity index (χ2v) is 5.73. The number of thioether (sulfide) groups is 1. The van der Waals surface area contributed by atoms with Crippen molar-refractivity contribution in [2.45, 2.75) is 26.4 Å². The Labute approximate surface area is 113 Å². The van der Waals surface area contributed by atoms with Gasteiger partial charge < -0.3 is 10.4 Å². The number of benzene rings is 1. The highest BCUT2D eigenvalue weighted by Crippen LogP contribution is 2.13. The van der Waals surface area contributed by atoms with Crippen molar-refractivity contribution in [3.63, 3.8) is 0 Å². The number of aryl methyl sites for hydroxylation is 1. The van der Waals surface area contributed by atoms with E-state index in [9.17, 15) is 9.90 Å². The zero-order chi connectivity index (χ0) is 13.8. The van der Waals surface area contributed by atoms with E-state index in [-0.39, 0.29) is 12.5 Å². The zero-order valence-electron chi connectivity index (χ0n) is 11.4. The van der Waals surface area contributed by atoms with Crippen LogP contribution in [0.25, 0.3) is 0 Å². The fourth-order valence-electron chi connectivity index (χ4n) is 1.72. The third-order valence-corrected chi connectivity index (χ3v) is 3.84. The number of rotatable bonds is 5. The summed E-state index contributed by atoms with van der Waals surface area (Å²) >= 11 is 1.56. The summed E-state index contributed by atoms with van der Waals surface area (Å²) in [5.41, 5.74) is 1.89. The summed E-state index contributed by atoms with van der Waals surface area (Å²) in [5, 5.41) is 12.8. The maximum absolute atomic E-state index is 12.0. The number of carbonyl (C=O) groups excluding carboxylic acids is 1. The molecule has 1 atom stereocenters. The Morgan fingerprint density at radius 1 is 1.44 bits per heavy atom. The Balaban J connectivity index is 2.69. The third kappa shape index (κ3) is 4.03. The Bertz CT molecular complexity index is 430. The molecular weight excluding hydrogens is 246 g/mol. The van der Waals surface area contributed by atoms with Crippen LogP contribution in [0.2, 0.25) is 0 Å². The van der Waals surface area contributed by atoms with E-state index in [1.165, 1.54) is 0 Å². The highest BCUT2D eigenvalue weighted by atomic mass is 32.2. The van der Waals surface area contributed by atoms with E-state index in [2.05, 4.69) is 5.32 Å². The molecule has 2 N–H and O–H groups in total. The maximum atomic E-state index is 12.0. The standard InChI is InChI=1S/C14H21NO2S/c1-10-6-5-7-12(11(10)2)13(16)15-8-14(3,17)9-18-4/h5-7,17H,8-9H2,1-4H3,(H,15,16). The molecule has 0 saturated carbocycles. The van der Waals surface area contributed by atoms with Crippen molar-refractivity contribution in [2.24, 2.45) is 0 Å². The van der Waals surface area contributed by atoms with Crippen LogP contribution in [0.1, 0.15) is 28.4 Å². The third-order valence-electron chi connectivity index (χ3n) is 2.93. The van der Waals surface area contributed by atoms with Gasteiger partial charge in [-0.05, 0) is 44.2 Å². The SMILES string of the molecule is CSCC(C)(O)CNC(=O)c1cccc(C)c1C. The minimum atomic E-state index is -0.868. The number of carbonyl (C=O) groups is 1. The average Bonchev–Trinajstić information content (AvgIpc) is 2.30. The second-order valence-electron chi connectivity index (χ2n) is 4.86. The molecule has 100 valence electrons. The molecule has 0 fully saturated rings. The van der Waals surface area contributed by atoms with Gasteiger partial charge in [-0.15, -0.1) is 0 Å². The molecule has 3 nitrogen and oxygen atoms in total. The molecule has 1 aromatic carbocycles. The van der Waals surface area contributed by atoms with E-state index in [1.807, 2.05) is 32.2 Å². The first-order valence-electron chi connectivity index (χ1n) is 5.93. The fourth-order valence-corrected chi connectivity index (χ4v) is 2.45. The molecular formula is C14H21NO2S. The summed E-state index contributed by atoms with van der Waals surface area (Å²) in [5.74, 6) is 0.470. The zero-order valence-corrected chi connectivity index (χ0v) is 12.2. The van der Waals surface area contributed by atoms with Gasteiger partial charge in [0.05, 0.1) is 5.60 Å². The van der Waals surface area contributed by atoms with Crippen LogP contribution in [0, 0.1) is 13.8 Å². The highest BCUT2D eigenvalue weighted by Gasteiger charge is 2.21. The lowest BCUT2D eigenvalue weighted by Gasteiger charge is -2.22. The normalized spacial score (nSPS) is 14.1. The summed E-state index contributed by atoms with van der Waals surface area (Å²) in [6, 6.07) is 5.66. The Morgan fingerprint density at radius 3 is 2.72 bits per heavy atom.